The largest absolute Gasteiger partial charge is 0.342 e. The summed E-state index contributed by atoms with van der Waals surface area (Å²) in [5, 5.41) is 3.49. The lowest BCUT2D eigenvalue weighted by molar-refractivity contribution is -0.130. The lowest BCUT2D eigenvalue weighted by Crippen LogP contribution is -2.41. The first-order chi connectivity index (χ1) is 9.38. The molecule has 2 unspecified atom stereocenters. The van der Waals surface area contributed by atoms with E-state index in [-0.39, 0.29) is 5.91 Å². The van der Waals surface area contributed by atoms with Crippen LogP contribution in [-0.4, -0.2) is 36.5 Å². The molecule has 0 aromatic heterocycles. The molecule has 3 heteroatoms. The van der Waals surface area contributed by atoms with Gasteiger partial charge in [0.2, 0.25) is 5.91 Å². The van der Waals surface area contributed by atoms with Crippen LogP contribution in [0, 0.1) is 11.3 Å². The molecule has 1 aliphatic carbocycles. The van der Waals surface area contributed by atoms with Crippen molar-refractivity contribution in [2.45, 2.75) is 72.8 Å². The van der Waals surface area contributed by atoms with Gasteiger partial charge in [-0.3, -0.25) is 4.79 Å². The zero-order valence-corrected chi connectivity index (χ0v) is 14.2. The van der Waals surface area contributed by atoms with E-state index in [1.165, 1.54) is 32.1 Å². The lowest BCUT2D eigenvalue weighted by Gasteiger charge is -2.29. The molecule has 0 bridgehead atoms. The lowest BCUT2D eigenvalue weighted by atomic mass is 9.76. The van der Waals surface area contributed by atoms with Crippen LogP contribution in [0.2, 0.25) is 0 Å². The van der Waals surface area contributed by atoms with Crippen LogP contribution in [0.4, 0.5) is 0 Å². The van der Waals surface area contributed by atoms with Crippen molar-refractivity contribution in [2.75, 3.05) is 19.6 Å². The normalized spacial score (nSPS) is 24.2. The van der Waals surface area contributed by atoms with Crippen molar-refractivity contribution >= 4 is 5.91 Å². The highest BCUT2D eigenvalue weighted by atomic mass is 16.2. The van der Waals surface area contributed by atoms with Crippen molar-refractivity contribution in [2.24, 2.45) is 11.3 Å². The molecule has 0 spiro atoms. The van der Waals surface area contributed by atoms with Crippen molar-refractivity contribution in [1.82, 2.24) is 10.2 Å². The highest BCUT2D eigenvalue weighted by Gasteiger charge is 2.27. The van der Waals surface area contributed by atoms with E-state index in [1.807, 2.05) is 18.7 Å². The van der Waals surface area contributed by atoms with Crippen molar-refractivity contribution in [1.29, 1.82) is 0 Å². The van der Waals surface area contributed by atoms with Crippen LogP contribution in [-0.2, 0) is 4.79 Å². The highest BCUT2D eigenvalue weighted by Crippen LogP contribution is 2.36. The molecule has 0 saturated heterocycles. The van der Waals surface area contributed by atoms with E-state index in [2.05, 4.69) is 26.1 Å². The van der Waals surface area contributed by atoms with E-state index < -0.39 is 0 Å². The van der Waals surface area contributed by atoms with Gasteiger partial charge in [-0.15, -0.1) is 0 Å². The Morgan fingerprint density at radius 2 is 1.75 bits per heavy atom. The first-order valence-corrected chi connectivity index (χ1v) is 8.39. The molecule has 1 aliphatic rings. The third kappa shape index (κ3) is 5.43. The Morgan fingerprint density at radius 1 is 1.10 bits per heavy atom. The van der Waals surface area contributed by atoms with Gasteiger partial charge in [0.15, 0.2) is 0 Å². The fourth-order valence-corrected chi connectivity index (χ4v) is 3.29. The second-order valence-corrected chi connectivity index (χ2v) is 7.22. The van der Waals surface area contributed by atoms with Crippen molar-refractivity contribution in [3.05, 3.63) is 0 Å². The summed E-state index contributed by atoms with van der Waals surface area (Å²) in [6, 6.07) is 0.530. The molecule has 0 aromatic rings. The van der Waals surface area contributed by atoms with E-state index in [9.17, 15) is 4.79 Å². The summed E-state index contributed by atoms with van der Waals surface area (Å²) in [7, 11) is 0. The maximum Gasteiger partial charge on any atom is 0.236 e. The van der Waals surface area contributed by atoms with E-state index in [0.29, 0.717) is 18.0 Å². The molecule has 2 atom stereocenters. The van der Waals surface area contributed by atoms with Crippen molar-refractivity contribution < 1.29 is 4.79 Å². The van der Waals surface area contributed by atoms with Gasteiger partial charge < -0.3 is 10.2 Å². The molecule has 20 heavy (non-hydrogen) atoms. The van der Waals surface area contributed by atoms with Gasteiger partial charge in [-0.1, -0.05) is 27.2 Å². The fraction of sp³-hybridized carbons (Fsp3) is 0.941. The van der Waals surface area contributed by atoms with E-state index >= 15 is 0 Å². The van der Waals surface area contributed by atoms with Gasteiger partial charge in [-0.25, -0.2) is 0 Å². The number of hydrogen-bond donors (Lipinski definition) is 1. The first-order valence-electron chi connectivity index (χ1n) is 8.39. The topological polar surface area (TPSA) is 32.3 Å². The minimum Gasteiger partial charge on any atom is -0.342 e. The van der Waals surface area contributed by atoms with Gasteiger partial charge in [0.1, 0.15) is 0 Å². The summed E-state index contributed by atoms with van der Waals surface area (Å²) in [6.07, 6.45) is 6.36. The number of rotatable bonds is 5. The number of carbonyl (C=O) groups is 1. The van der Waals surface area contributed by atoms with Gasteiger partial charge in [0.05, 0.1) is 6.54 Å². The molecule has 3 nitrogen and oxygen atoms in total. The number of nitrogens with one attached hydrogen (secondary N) is 1. The molecule has 1 amide bonds. The Balaban J connectivity index is 2.37. The Hall–Kier alpha value is -0.570. The zero-order chi connectivity index (χ0) is 15.2. The average Bonchev–Trinajstić information content (AvgIpc) is 2.62. The Labute approximate surface area is 125 Å². The molecule has 1 N–H and O–H groups in total. The third-order valence-electron chi connectivity index (χ3n) is 4.85. The van der Waals surface area contributed by atoms with E-state index in [4.69, 9.17) is 0 Å². The fourth-order valence-electron chi connectivity index (χ4n) is 3.29. The van der Waals surface area contributed by atoms with E-state index in [1.54, 1.807) is 0 Å². The Morgan fingerprint density at radius 3 is 2.30 bits per heavy atom. The summed E-state index contributed by atoms with van der Waals surface area (Å²) in [5.74, 6) is 1.07. The summed E-state index contributed by atoms with van der Waals surface area (Å²) < 4.78 is 0. The van der Waals surface area contributed by atoms with Crippen LogP contribution < -0.4 is 5.32 Å². The van der Waals surface area contributed by atoms with Crippen LogP contribution in [0.3, 0.4) is 0 Å². The quantitative estimate of drug-likeness (QED) is 0.783. The summed E-state index contributed by atoms with van der Waals surface area (Å²) in [5.41, 5.74) is 0.423. The number of nitrogens with zero attached hydrogens (tertiary/aromatic N) is 1. The highest BCUT2D eigenvalue weighted by molar-refractivity contribution is 5.78. The molecule has 0 radical (unpaired) electrons. The summed E-state index contributed by atoms with van der Waals surface area (Å²) in [4.78, 5) is 13.9. The molecule has 0 aromatic carbocycles. The second kappa shape index (κ2) is 8.02. The van der Waals surface area contributed by atoms with Crippen LogP contribution in [0.1, 0.15) is 66.7 Å². The monoisotopic (exact) mass is 282 g/mol. The molecule has 1 fully saturated rings. The summed E-state index contributed by atoms with van der Waals surface area (Å²) >= 11 is 0. The number of amides is 1. The van der Waals surface area contributed by atoms with Gasteiger partial charge in [0, 0.05) is 19.1 Å². The van der Waals surface area contributed by atoms with Gasteiger partial charge >= 0.3 is 0 Å². The SMILES string of the molecule is CCN(CC)C(=O)CNC1CCCC(C(C)(C)C)CC1. The van der Waals surface area contributed by atoms with Crippen molar-refractivity contribution in [3.8, 4) is 0 Å². The predicted molar refractivity (Wildman–Crippen MR) is 85.7 cm³/mol. The van der Waals surface area contributed by atoms with Gasteiger partial charge in [-0.05, 0) is 50.9 Å². The van der Waals surface area contributed by atoms with Crippen LogP contribution >= 0.6 is 0 Å². The predicted octanol–water partition coefficient (Wildman–Crippen LogP) is 3.44. The van der Waals surface area contributed by atoms with Gasteiger partial charge in [0.25, 0.3) is 0 Å². The number of likely N-dealkylation sites (N-methyl/N-ethyl adjacent to an activating group) is 1. The molecule has 1 rings (SSSR count). The summed E-state index contributed by atoms with van der Waals surface area (Å²) in [6.45, 7) is 13.3. The molecule has 1 saturated carbocycles. The molecule has 118 valence electrons. The standard InChI is InChI=1S/C17H34N2O/c1-6-19(7-2)16(20)13-18-15-10-8-9-14(11-12-15)17(3,4)5/h14-15,18H,6-13H2,1-5H3. The van der Waals surface area contributed by atoms with Crippen LogP contribution in [0.25, 0.3) is 0 Å². The average molecular weight is 282 g/mol. The molecular formula is C17H34N2O. The van der Waals surface area contributed by atoms with E-state index in [0.717, 1.165) is 19.0 Å². The Kier molecular flexibility index (Phi) is 7.01. The maximum atomic E-state index is 12.0. The minimum atomic E-state index is 0.242. The third-order valence-corrected chi connectivity index (χ3v) is 4.85. The zero-order valence-electron chi connectivity index (χ0n) is 14.2. The number of carbonyl (C=O) groups excluding carboxylic acids is 1. The molecule has 0 aliphatic heterocycles. The Bertz CT molecular complexity index is 292. The second-order valence-electron chi connectivity index (χ2n) is 7.22. The first kappa shape index (κ1) is 17.5. The van der Waals surface area contributed by atoms with Crippen LogP contribution in [0.5, 0.6) is 0 Å². The maximum absolute atomic E-state index is 12.0. The molecule has 0 heterocycles. The van der Waals surface area contributed by atoms with Crippen LogP contribution in [0.15, 0.2) is 0 Å². The number of hydrogen-bond acceptors (Lipinski definition) is 2. The van der Waals surface area contributed by atoms with Crippen molar-refractivity contribution in [3.63, 3.8) is 0 Å². The smallest absolute Gasteiger partial charge is 0.236 e. The minimum absolute atomic E-state index is 0.242. The molecular weight excluding hydrogens is 248 g/mol. The van der Waals surface area contributed by atoms with Gasteiger partial charge in [-0.2, -0.15) is 0 Å².